The number of carbonyl (C=O) groups excluding carboxylic acids is 1. The zero-order chi connectivity index (χ0) is 23.7. The zero-order valence-electron chi connectivity index (χ0n) is 19.3. The summed E-state index contributed by atoms with van der Waals surface area (Å²) in [5.41, 5.74) is 5.10. The van der Waals surface area contributed by atoms with Crippen LogP contribution in [0, 0.1) is 13.8 Å². The summed E-state index contributed by atoms with van der Waals surface area (Å²) >= 11 is 1.35. The van der Waals surface area contributed by atoms with Crippen LogP contribution in [-0.2, 0) is 4.79 Å². The van der Waals surface area contributed by atoms with E-state index in [0.29, 0.717) is 16.7 Å². The number of fused-ring (bicyclic) bond motifs is 1. The van der Waals surface area contributed by atoms with Gasteiger partial charge in [-0.05, 0) is 97.4 Å². The summed E-state index contributed by atoms with van der Waals surface area (Å²) in [6, 6.07) is 24.5. The minimum absolute atomic E-state index is 0.134. The van der Waals surface area contributed by atoms with Crippen LogP contribution in [-0.4, -0.2) is 22.2 Å². The Labute approximate surface area is 203 Å². The number of nitrogens with one attached hydrogen (secondary N) is 1. The van der Waals surface area contributed by atoms with E-state index in [0.717, 1.165) is 34.1 Å². The summed E-state index contributed by atoms with van der Waals surface area (Å²) in [4.78, 5) is 17.8. The lowest BCUT2D eigenvalue weighted by Gasteiger charge is -2.11. The molecule has 0 saturated carbocycles. The number of aliphatic imine (C=N–C) groups is 1. The number of carbonyl (C=O) groups is 1. The molecule has 6 heteroatoms. The minimum Gasteiger partial charge on any atom is -0.494 e. The van der Waals surface area contributed by atoms with Crippen LogP contribution in [0.15, 0.2) is 82.7 Å². The van der Waals surface area contributed by atoms with Gasteiger partial charge in [0.2, 0.25) is 0 Å². The summed E-state index contributed by atoms with van der Waals surface area (Å²) in [6.45, 7) is 6.74. The number of amidine groups is 1. The van der Waals surface area contributed by atoms with Gasteiger partial charge in [0.05, 0.1) is 17.2 Å². The highest BCUT2D eigenvalue weighted by Gasteiger charge is 2.24. The van der Waals surface area contributed by atoms with Gasteiger partial charge in [0, 0.05) is 17.1 Å². The Morgan fingerprint density at radius 2 is 1.76 bits per heavy atom. The molecule has 1 aromatic heterocycles. The number of benzene rings is 3. The Morgan fingerprint density at radius 1 is 1.00 bits per heavy atom. The molecule has 0 atom stereocenters. The van der Waals surface area contributed by atoms with Crippen LogP contribution >= 0.6 is 11.8 Å². The topological polar surface area (TPSA) is 55.6 Å². The number of hydrogen-bond acceptors (Lipinski definition) is 4. The van der Waals surface area contributed by atoms with Crippen LogP contribution < -0.4 is 10.1 Å². The van der Waals surface area contributed by atoms with Gasteiger partial charge in [0.15, 0.2) is 5.17 Å². The Morgan fingerprint density at radius 3 is 2.53 bits per heavy atom. The number of nitrogens with zero attached hydrogens (tertiary/aromatic N) is 2. The van der Waals surface area contributed by atoms with Crippen molar-refractivity contribution < 1.29 is 9.53 Å². The Balaban J connectivity index is 1.41. The van der Waals surface area contributed by atoms with E-state index >= 15 is 0 Å². The van der Waals surface area contributed by atoms with Gasteiger partial charge < -0.3 is 14.6 Å². The molecule has 3 aromatic carbocycles. The lowest BCUT2D eigenvalue weighted by molar-refractivity contribution is -0.115. The van der Waals surface area contributed by atoms with Gasteiger partial charge >= 0.3 is 0 Å². The molecule has 1 aliphatic heterocycles. The first kappa shape index (κ1) is 22.0. The second-order valence-corrected chi connectivity index (χ2v) is 9.13. The molecule has 0 radical (unpaired) electrons. The normalized spacial score (nSPS) is 15.9. The Hall–Kier alpha value is -3.77. The third-order valence-electron chi connectivity index (χ3n) is 5.78. The zero-order valence-corrected chi connectivity index (χ0v) is 20.1. The monoisotopic (exact) mass is 467 g/mol. The molecule has 1 aliphatic rings. The smallest absolute Gasteiger partial charge is 0.264 e. The highest BCUT2D eigenvalue weighted by atomic mass is 32.2. The van der Waals surface area contributed by atoms with Gasteiger partial charge in [-0.3, -0.25) is 4.79 Å². The van der Waals surface area contributed by atoms with E-state index in [9.17, 15) is 4.79 Å². The van der Waals surface area contributed by atoms with Crippen LogP contribution in [0.5, 0.6) is 5.75 Å². The minimum atomic E-state index is -0.134. The fourth-order valence-corrected chi connectivity index (χ4v) is 5.00. The third kappa shape index (κ3) is 4.37. The number of rotatable bonds is 5. The number of aromatic nitrogens is 1. The van der Waals surface area contributed by atoms with Gasteiger partial charge in [-0.25, -0.2) is 4.99 Å². The average molecular weight is 468 g/mol. The van der Waals surface area contributed by atoms with Gasteiger partial charge in [-0.15, -0.1) is 0 Å². The maximum absolute atomic E-state index is 12.6. The molecular formula is C28H25N3O2S. The largest absolute Gasteiger partial charge is 0.494 e. The molecule has 2 heterocycles. The van der Waals surface area contributed by atoms with E-state index in [4.69, 9.17) is 4.74 Å². The number of aryl methyl sites for hydroxylation is 1. The van der Waals surface area contributed by atoms with Crippen molar-refractivity contribution in [1.29, 1.82) is 0 Å². The van der Waals surface area contributed by atoms with Crippen molar-refractivity contribution in [2.75, 3.05) is 6.61 Å². The van der Waals surface area contributed by atoms with Gasteiger partial charge in [-0.1, -0.05) is 30.3 Å². The molecule has 170 valence electrons. The fourth-order valence-electron chi connectivity index (χ4n) is 4.17. The van der Waals surface area contributed by atoms with Crippen molar-refractivity contribution in [3.05, 3.63) is 94.7 Å². The maximum atomic E-state index is 12.6. The first-order valence-corrected chi connectivity index (χ1v) is 12.0. The molecule has 4 aromatic rings. The van der Waals surface area contributed by atoms with Crippen molar-refractivity contribution in [3.63, 3.8) is 0 Å². The third-order valence-corrected chi connectivity index (χ3v) is 6.69. The maximum Gasteiger partial charge on any atom is 0.264 e. The summed E-state index contributed by atoms with van der Waals surface area (Å²) in [6.07, 6.45) is 1.95. The molecule has 1 N–H and O–H groups in total. The van der Waals surface area contributed by atoms with Crippen LogP contribution in [0.1, 0.15) is 23.9 Å². The van der Waals surface area contributed by atoms with Crippen molar-refractivity contribution >= 4 is 45.4 Å². The van der Waals surface area contributed by atoms with Crippen LogP contribution in [0.25, 0.3) is 22.5 Å². The average Bonchev–Trinajstić information content (AvgIpc) is 3.32. The van der Waals surface area contributed by atoms with E-state index < -0.39 is 0 Å². The first-order chi connectivity index (χ1) is 16.5. The Bertz CT molecular complexity index is 1450. The quantitative estimate of drug-likeness (QED) is 0.339. The lowest BCUT2D eigenvalue weighted by atomic mass is 10.1. The number of ether oxygens (including phenoxy) is 1. The van der Waals surface area contributed by atoms with Crippen molar-refractivity contribution in [1.82, 2.24) is 9.88 Å². The molecule has 1 fully saturated rings. The van der Waals surface area contributed by atoms with Gasteiger partial charge in [0.1, 0.15) is 5.75 Å². The molecule has 5 rings (SSSR count). The summed E-state index contributed by atoms with van der Waals surface area (Å²) in [5, 5.41) is 5.86. The predicted molar refractivity (Wildman–Crippen MR) is 141 cm³/mol. The van der Waals surface area contributed by atoms with E-state index in [1.54, 1.807) is 0 Å². The standard InChI is InChI=1S/C28H25N3O2S/c1-4-33-25-13-10-23(11-14-25)29-28-30-27(32)26(34-28)17-22-15-18(2)31(19(22)3)24-12-9-20-7-5-6-8-21(20)16-24/h5-17H,4H2,1-3H3,(H,29,30,32)/b26-17+. The predicted octanol–water partition coefficient (Wildman–Crippen LogP) is 6.54. The molecule has 34 heavy (non-hydrogen) atoms. The second-order valence-electron chi connectivity index (χ2n) is 8.10. The van der Waals surface area contributed by atoms with Gasteiger partial charge in [0.25, 0.3) is 5.91 Å². The molecule has 1 saturated heterocycles. The number of hydrogen-bond donors (Lipinski definition) is 1. The number of amides is 1. The van der Waals surface area contributed by atoms with E-state index in [1.807, 2.05) is 37.3 Å². The van der Waals surface area contributed by atoms with Crippen molar-refractivity contribution in [2.24, 2.45) is 4.99 Å². The molecule has 0 bridgehead atoms. The van der Waals surface area contributed by atoms with Crippen molar-refractivity contribution in [2.45, 2.75) is 20.8 Å². The lowest BCUT2D eigenvalue weighted by Crippen LogP contribution is -2.19. The molecule has 5 nitrogen and oxygen atoms in total. The van der Waals surface area contributed by atoms with E-state index in [2.05, 4.69) is 77.3 Å². The van der Waals surface area contributed by atoms with Crippen LogP contribution in [0.4, 0.5) is 5.69 Å². The van der Waals surface area contributed by atoms with Crippen LogP contribution in [0.3, 0.4) is 0 Å². The highest BCUT2D eigenvalue weighted by molar-refractivity contribution is 8.18. The first-order valence-electron chi connectivity index (χ1n) is 11.2. The summed E-state index contributed by atoms with van der Waals surface area (Å²) in [5.74, 6) is 0.669. The fraction of sp³-hybridized carbons (Fsp3) is 0.143. The SMILES string of the molecule is CCOc1ccc(N=C2NC(=O)/C(=C\c3cc(C)n(-c4ccc5ccccc5c4)c3C)S2)cc1. The highest BCUT2D eigenvalue weighted by Crippen LogP contribution is 2.31. The molecule has 0 unspecified atom stereocenters. The van der Waals surface area contributed by atoms with E-state index in [-0.39, 0.29) is 5.91 Å². The van der Waals surface area contributed by atoms with Gasteiger partial charge in [-0.2, -0.15) is 0 Å². The van der Waals surface area contributed by atoms with E-state index in [1.165, 1.54) is 22.5 Å². The van der Waals surface area contributed by atoms with Crippen molar-refractivity contribution in [3.8, 4) is 11.4 Å². The second kappa shape index (κ2) is 9.23. The molecule has 0 spiro atoms. The molecular weight excluding hydrogens is 442 g/mol. The summed E-state index contributed by atoms with van der Waals surface area (Å²) < 4.78 is 7.70. The van der Waals surface area contributed by atoms with Crippen LogP contribution in [0.2, 0.25) is 0 Å². The summed E-state index contributed by atoms with van der Waals surface area (Å²) in [7, 11) is 0. The number of thioether (sulfide) groups is 1. The Kier molecular flexibility index (Phi) is 5.99. The molecule has 1 amide bonds. The molecule has 0 aliphatic carbocycles.